The van der Waals surface area contributed by atoms with Crippen molar-refractivity contribution < 1.29 is 9.90 Å². The van der Waals surface area contributed by atoms with Gasteiger partial charge in [-0.15, -0.1) is 17.5 Å². The monoisotopic (exact) mass is 213 g/mol. The highest BCUT2D eigenvalue weighted by atomic mass is 32.1. The SMILES string of the molecule is C\C=C(/C=C(C)\C(=C/S)N=O)C(=O)O. The number of rotatable bonds is 4. The lowest BCUT2D eigenvalue weighted by molar-refractivity contribution is -0.132. The Morgan fingerprint density at radius 1 is 1.50 bits per heavy atom. The van der Waals surface area contributed by atoms with Crippen molar-refractivity contribution >= 4 is 18.6 Å². The maximum Gasteiger partial charge on any atom is 0.335 e. The molecule has 0 rings (SSSR count). The molecular formula is C9H11NO3S. The van der Waals surface area contributed by atoms with Gasteiger partial charge in [0.1, 0.15) is 5.70 Å². The van der Waals surface area contributed by atoms with Crippen molar-refractivity contribution in [3.63, 3.8) is 0 Å². The molecule has 0 amide bonds. The van der Waals surface area contributed by atoms with Gasteiger partial charge in [0.2, 0.25) is 0 Å². The van der Waals surface area contributed by atoms with Crippen LogP contribution in [0.3, 0.4) is 0 Å². The summed E-state index contributed by atoms with van der Waals surface area (Å²) in [7, 11) is 0. The summed E-state index contributed by atoms with van der Waals surface area (Å²) in [4.78, 5) is 20.8. The Morgan fingerprint density at radius 2 is 2.07 bits per heavy atom. The topological polar surface area (TPSA) is 66.7 Å². The van der Waals surface area contributed by atoms with E-state index in [2.05, 4.69) is 17.8 Å². The first-order chi connectivity index (χ1) is 6.56. The first-order valence-corrected chi connectivity index (χ1v) is 4.34. The zero-order chi connectivity index (χ0) is 11.1. The van der Waals surface area contributed by atoms with Gasteiger partial charge in [-0.05, 0) is 36.1 Å². The summed E-state index contributed by atoms with van der Waals surface area (Å²) in [5.41, 5.74) is 0.693. The second-order valence-electron chi connectivity index (χ2n) is 2.48. The number of carboxylic acid groups (broad SMARTS) is 1. The predicted molar refractivity (Wildman–Crippen MR) is 58.0 cm³/mol. The van der Waals surface area contributed by atoms with E-state index in [1.54, 1.807) is 13.8 Å². The Labute approximate surface area is 87.4 Å². The molecule has 0 aromatic heterocycles. The Balaban J connectivity index is 5.00. The van der Waals surface area contributed by atoms with Crippen LogP contribution in [0.25, 0.3) is 0 Å². The molecular weight excluding hydrogens is 202 g/mol. The minimum absolute atomic E-state index is 0.110. The third-order valence-electron chi connectivity index (χ3n) is 1.55. The van der Waals surface area contributed by atoms with E-state index < -0.39 is 5.97 Å². The van der Waals surface area contributed by atoms with Gasteiger partial charge in [-0.1, -0.05) is 6.08 Å². The summed E-state index contributed by atoms with van der Waals surface area (Å²) in [6.45, 7) is 3.20. The molecule has 0 fully saturated rings. The first kappa shape index (κ1) is 12.6. The van der Waals surface area contributed by atoms with E-state index in [1.807, 2.05) is 0 Å². The lowest BCUT2D eigenvalue weighted by Crippen LogP contribution is -1.98. The summed E-state index contributed by atoms with van der Waals surface area (Å²) >= 11 is 3.77. The summed E-state index contributed by atoms with van der Waals surface area (Å²) in [6.07, 6.45) is 2.80. The van der Waals surface area contributed by atoms with Crippen molar-refractivity contribution in [2.45, 2.75) is 13.8 Å². The fourth-order valence-electron chi connectivity index (χ4n) is 0.773. The standard InChI is InChI=1S/C9H11NO3S/c1-3-7(9(11)12)4-6(2)8(5-14)10-13/h3-5,14H,1-2H3,(H,11,12)/b6-4-,7-3+,8-5+. The highest BCUT2D eigenvalue weighted by Crippen LogP contribution is 2.14. The van der Waals surface area contributed by atoms with Crippen LogP contribution >= 0.6 is 12.6 Å². The number of aliphatic carboxylic acids is 1. The van der Waals surface area contributed by atoms with Crippen molar-refractivity contribution in [2.24, 2.45) is 5.18 Å². The number of carbonyl (C=O) groups is 1. The average Bonchev–Trinajstić information content (AvgIpc) is 2.15. The number of nitrogens with zero attached hydrogens (tertiary/aromatic N) is 1. The minimum atomic E-state index is -1.05. The predicted octanol–water partition coefficient (Wildman–Crippen LogP) is 2.50. The number of carboxylic acids is 1. The smallest absolute Gasteiger partial charge is 0.335 e. The highest BCUT2D eigenvalue weighted by Gasteiger charge is 2.05. The molecule has 0 radical (unpaired) electrons. The quantitative estimate of drug-likeness (QED) is 0.326. The van der Waals surface area contributed by atoms with E-state index in [9.17, 15) is 9.70 Å². The highest BCUT2D eigenvalue weighted by molar-refractivity contribution is 7.83. The number of thiol groups is 1. The summed E-state index contributed by atoms with van der Waals surface area (Å²) in [6, 6.07) is 0. The summed E-state index contributed by atoms with van der Waals surface area (Å²) in [5, 5.41) is 12.6. The molecule has 0 bridgehead atoms. The summed E-state index contributed by atoms with van der Waals surface area (Å²) in [5.74, 6) is -1.05. The molecule has 5 heteroatoms. The number of hydrogen-bond acceptors (Lipinski definition) is 4. The van der Waals surface area contributed by atoms with E-state index in [-0.39, 0.29) is 11.3 Å². The van der Waals surface area contributed by atoms with Crippen LogP contribution in [0.4, 0.5) is 0 Å². The van der Waals surface area contributed by atoms with Crippen LogP contribution in [0.5, 0.6) is 0 Å². The molecule has 1 N–H and O–H groups in total. The Kier molecular flexibility index (Phi) is 5.55. The third kappa shape index (κ3) is 3.57. The van der Waals surface area contributed by atoms with Crippen LogP contribution in [0.15, 0.2) is 39.6 Å². The average molecular weight is 213 g/mol. The Morgan fingerprint density at radius 3 is 2.36 bits per heavy atom. The Bertz CT molecular complexity index is 329. The van der Waals surface area contributed by atoms with E-state index in [0.717, 1.165) is 0 Å². The van der Waals surface area contributed by atoms with E-state index in [4.69, 9.17) is 5.11 Å². The second kappa shape index (κ2) is 6.15. The van der Waals surface area contributed by atoms with Gasteiger partial charge in [0.05, 0.1) is 5.57 Å². The largest absolute Gasteiger partial charge is 0.478 e. The molecule has 0 saturated heterocycles. The molecule has 14 heavy (non-hydrogen) atoms. The van der Waals surface area contributed by atoms with Crippen molar-refractivity contribution in [1.82, 2.24) is 0 Å². The zero-order valence-corrected chi connectivity index (χ0v) is 8.78. The number of hydrogen-bond donors (Lipinski definition) is 2. The minimum Gasteiger partial charge on any atom is -0.478 e. The van der Waals surface area contributed by atoms with Crippen molar-refractivity contribution in [1.29, 1.82) is 0 Å². The summed E-state index contributed by atoms with van der Waals surface area (Å²) < 4.78 is 0. The van der Waals surface area contributed by atoms with Gasteiger partial charge in [0.15, 0.2) is 0 Å². The molecule has 0 unspecified atom stereocenters. The molecule has 0 heterocycles. The Hall–Kier alpha value is -1.36. The molecule has 0 aromatic carbocycles. The molecule has 0 saturated carbocycles. The van der Waals surface area contributed by atoms with Gasteiger partial charge >= 0.3 is 5.97 Å². The van der Waals surface area contributed by atoms with Crippen molar-refractivity contribution in [2.75, 3.05) is 0 Å². The zero-order valence-electron chi connectivity index (χ0n) is 7.89. The van der Waals surface area contributed by atoms with Gasteiger partial charge in [0, 0.05) is 0 Å². The van der Waals surface area contributed by atoms with Gasteiger partial charge in [-0.25, -0.2) is 4.79 Å². The maximum atomic E-state index is 10.6. The molecule has 76 valence electrons. The van der Waals surface area contributed by atoms with Crippen LogP contribution in [-0.2, 0) is 4.79 Å². The van der Waals surface area contributed by atoms with Gasteiger partial charge in [-0.2, -0.15) is 0 Å². The van der Waals surface area contributed by atoms with Gasteiger partial charge in [-0.3, -0.25) is 0 Å². The van der Waals surface area contributed by atoms with Crippen LogP contribution in [0, 0.1) is 4.91 Å². The van der Waals surface area contributed by atoms with E-state index in [1.165, 1.54) is 17.6 Å². The molecule has 0 atom stereocenters. The van der Waals surface area contributed by atoms with Crippen LogP contribution in [-0.4, -0.2) is 11.1 Å². The fourth-order valence-corrected chi connectivity index (χ4v) is 1.02. The lowest BCUT2D eigenvalue weighted by Gasteiger charge is -1.98. The third-order valence-corrected chi connectivity index (χ3v) is 1.80. The van der Waals surface area contributed by atoms with Crippen LogP contribution < -0.4 is 0 Å². The van der Waals surface area contributed by atoms with Crippen LogP contribution in [0.2, 0.25) is 0 Å². The maximum absolute atomic E-state index is 10.6. The molecule has 0 aliphatic rings. The second-order valence-corrected chi connectivity index (χ2v) is 2.74. The van der Waals surface area contributed by atoms with E-state index in [0.29, 0.717) is 5.57 Å². The van der Waals surface area contributed by atoms with Crippen molar-refractivity contribution in [3.05, 3.63) is 39.3 Å². The van der Waals surface area contributed by atoms with Crippen LogP contribution in [0.1, 0.15) is 13.8 Å². The molecule has 4 nitrogen and oxygen atoms in total. The number of nitroso groups, excluding NO2 is 1. The molecule has 0 aromatic rings. The lowest BCUT2D eigenvalue weighted by atomic mass is 10.1. The van der Waals surface area contributed by atoms with Gasteiger partial charge < -0.3 is 5.11 Å². The van der Waals surface area contributed by atoms with Gasteiger partial charge in [0.25, 0.3) is 0 Å². The van der Waals surface area contributed by atoms with Crippen molar-refractivity contribution in [3.8, 4) is 0 Å². The van der Waals surface area contributed by atoms with E-state index >= 15 is 0 Å². The fraction of sp³-hybridized carbons (Fsp3) is 0.222. The molecule has 0 spiro atoms. The molecule has 0 aliphatic carbocycles. The normalized spacial score (nSPS) is 14.1. The first-order valence-electron chi connectivity index (χ1n) is 3.82. The molecule has 0 aliphatic heterocycles. The number of allylic oxidation sites excluding steroid dienone is 2.